The highest BCUT2D eigenvalue weighted by Gasteiger charge is 2.17. The van der Waals surface area contributed by atoms with E-state index in [4.69, 9.17) is 11.6 Å². The summed E-state index contributed by atoms with van der Waals surface area (Å²) < 4.78 is 0. The van der Waals surface area contributed by atoms with Gasteiger partial charge >= 0.3 is 0 Å². The van der Waals surface area contributed by atoms with Crippen LogP contribution in [0.4, 0.5) is 0 Å². The molecule has 0 saturated carbocycles. The highest BCUT2D eigenvalue weighted by atomic mass is 35.5. The van der Waals surface area contributed by atoms with Crippen molar-refractivity contribution in [2.75, 3.05) is 13.1 Å². The summed E-state index contributed by atoms with van der Waals surface area (Å²) in [5.41, 5.74) is 1.62. The Kier molecular flexibility index (Phi) is 4.02. The van der Waals surface area contributed by atoms with Crippen molar-refractivity contribution in [3.8, 4) is 0 Å². The van der Waals surface area contributed by atoms with Gasteiger partial charge in [0.15, 0.2) is 0 Å². The first-order valence-corrected chi connectivity index (χ1v) is 6.32. The summed E-state index contributed by atoms with van der Waals surface area (Å²) in [6, 6.07) is 5.63. The van der Waals surface area contributed by atoms with Crippen LogP contribution >= 0.6 is 11.6 Å². The minimum Gasteiger partial charge on any atom is -0.348 e. The standard InChI is InChI=1S/C13H17ClN2O/c1-9-4-5-10(14)7-12(9)13(17)16-11-3-2-6-15-8-11/h4-5,7,11,15H,2-3,6,8H2,1H3,(H,16,17)/t11-/m0/s1. The average Bonchev–Trinajstić information content (AvgIpc) is 2.33. The summed E-state index contributed by atoms with van der Waals surface area (Å²) in [7, 11) is 0. The molecule has 92 valence electrons. The minimum atomic E-state index is -0.0290. The van der Waals surface area contributed by atoms with Gasteiger partial charge in [-0.1, -0.05) is 17.7 Å². The van der Waals surface area contributed by atoms with E-state index in [1.165, 1.54) is 0 Å². The first-order valence-electron chi connectivity index (χ1n) is 5.94. The molecule has 2 N–H and O–H groups in total. The van der Waals surface area contributed by atoms with Crippen LogP contribution in [0.5, 0.6) is 0 Å². The van der Waals surface area contributed by atoms with Crippen LogP contribution in [0.3, 0.4) is 0 Å². The Morgan fingerprint density at radius 1 is 1.53 bits per heavy atom. The lowest BCUT2D eigenvalue weighted by molar-refractivity contribution is 0.0930. The minimum absolute atomic E-state index is 0.0290. The molecule has 2 rings (SSSR count). The van der Waals surface area contributed by atoms with E-state index in [2.05, 4.69) is 10.6 Å². The first kappa shape index (κ1) is 12.4. The predicted octanol–water partition coefficient (Wildman–Crippen LogP) is 2.13. The zero-order valence-corrected chi connectivity index (χ0v) is 10.7. The number of hydrogen-bond acceptors (Lipinski definition) is 2. The lowest BCUT2D eigenvalue weighted by Crippen LogP contribution is -2.45. The Bertz CT molecular complexity index is 414. The molecule has 3 nitrogen and oxygen atoms in total. The first-order chi connectivity index (χ1) is 8.16. The van der Waals surface area contributed by atoms with Crippen molar-refractivity contribution in [3.63, 3.8) is 0 Å². The third-order valence-corrected chi connectivity index (χ3v) is 3.31. The smallest absolute Gasteiger partial charge is 0.251 e. The van der Waals surface area contributed by atoms with Crippen molar-refractivity contribution in [1.82, 2.24) is 10.6 Å². The number of rotatable bonds is 2. The van der Waals surface area contributed by atoms with Crippen LogP contribution in [0.25, 0.3) is 0 Å². The van der Waals surface area contributed by atoms with E-state index in [0.29, 0.717) is 10.6 Å². The van der Waals surface area contributed by atoms with E-state index in [-0.39, 0.29) is 11.9 Å². The molecular weight excluding hydrogens is 236 g/mol. The van der Waals surface area contributed by atoms with Gasteiger partial charge in [-0.05, 0) is 44.0 Å². The molecule has 1 saturated heterocycles. The van der Waals surface area contributed by atoms with Gasteiger partial charge in [0.2, 0.25) is 0 Å². The number of piperidine rings is 1. The number of hydrogen-bond donors (Lipinski definition) is 2. The van der Waals surface area contributed by atoms with Crippen molar-refractivity contribution >= 4 is 17.5 Å². The van der Waals surface area contributed by atoms with Crippen LogP contribution in [-0.4, -0.2) is 25.0 Å². The van der Waals surface area contributed by atoms with Crippen molar-refractivity contribution in [2.45, 2.75) is 25.8 Å². The zero-order chi connectivity index (χ0) is 12.3. The second-order valence-corrected chi connectivity index (χ2v) is 4.91. The maximum Gasteiger partial charge on any atom is 0.251 e. The summed E-state index contributed by atoms with van der Waals surface area (Å²) in [4.78, 5) is 12.1. The lowest BCUT2D eigenvalue weighted by Gasteiger charge is -2.24. The molecule has 1 heterocycles. The van der Waals surface area contributed by atoms with Crippen LogP contribution in [-0.2, 0) is 0 Å². The van der Waals surface area contributed by atoms with Crippen LogP contribution in [0.2, 0.25) is 5.02 Å². The fourth-order valence-corrected chi connectivity index (χ4v) is 2.25. The Morgan fingerprint density at radius 3 is 3.06 bits per heavy atom. The normalized spacial score (nSPS) is 20.0. The molecule has 1 aromatic carbocycles. The molecule has 1 aliphatic heterocycles. The fourth-order valence-electron chi connectivity index (χ4n) is 2.08. The second-order valence-electron chi connectivity index (χ2n) is 4.48. The Morgan fingerprint density at radius 2 is 2.35 bits per heavy atom. The Balaban J connectivity index is 2.05. The van der Waals surface area contributed by atoms with E-state index in [1.54, 1.807) is 12.1 Å². The van der Waals surface area contributed by atoms with Crippen molar-refractivity contribution < 1.29 is 4.79 Å². The predicted molar refractivity (Wildman–Crippen MR) is 69.5 cm³/mol. The van der Waals surface area contributed by atoms with Crippen LogP contribution in [0, 0.1) is 6.92 Å². The number of halogens is 1. The maximum atomic E-state index is 12.1. The largest absolute Gasteiger partial charge is 0.348 e. The van der Waals surface area contributed by atoms with Gasteiger partial charge < -0.3 is 10.6 Å². The highest BCUT2D eigenvalue weighted by Crippen LogP contribution is 2.15. The number of nitrogens with one attached hydrogen (secondary N) is 2. The average molecular weight is 253 g/mol. The molecule has 17 heavy (non-hydrogen) atoms. The maximum absolute atomic E-state index is 12.1. The number of carbonyl (C=O) groups is 1. The molecule has 0 radical (unpaired) electrons. The number of amides is 1. The summed E-state index contributed by atoms with van der Waals surface area (Å²) in [5.74, 6) is -0.0290. The molecule has 1 aliphatic rings. The molecule has 0 aromatic heterocycles. The molecule has 0 unspecified atom stereocenters. The number of benzene rings is 1. The molecular formula is C13H17ClN2O. The van der Waals surface area contributed by atoms with Gasteiger partial charge in [0.1, 0.15) is 0 Å². The Hall–Kier alpha value is -1.06. The van der Waals surface area contributed by atoms with Crippen LogP contribution in [0.15, 0.2) is 18.2 Å². The fraction of sp³-hybridized carbons (Fsp3) is 0.462. The second kappa shape index (κ2) is 5.52. The molecule has 1 aromatic rings. The molecule has 0 aliphatic carbocycles. The van der Waals surface area contributed by atoms with Crippen molar-refractivity contribution in [3.05, 3.63) is 34.3 Å². The number of aryl methyl sites for hydroxylation is 1. The zero-order valence-electron chi connectivity index (χ0n) is 9.92. The van der Waals surface area contributed by atoms with Crippen molar-refractivity contribution in [1.29, 1.82) is 0 Å². The van der Waals surface area contributed by atoms with Gasteiger partial charge in [0, 0.05) is 23.2 Å². The van der Waals surface area contributed by atoms with Crippen LogP contribution in [0.1, 0.15) is 28.8 Å². The third kappa shape index (κ3) is 3.20. The Labute approximate surface area is 107 Å². The van der Waals surface area contributed by atoms with E-state index in [9.17, 15) is 4.79 Å². The number of carbonyl (C=O) groups excluding carboxylic acids is 1. The third-order valence-electron chi connectivity index (χ3n) is 3.08. The van der Waals surface area contributed by atoms with E-state index < -0.39 is 0 Å². The molecule has 0 bridgehead atoms. The van der Waals surface area contributed by atoms with Gasteiger partial charge in [0.25, 0.3) is 5.91 Å². The van der Waals surface area contributed by atoms with Gasteiger partial charge in [0.05, 0.1) is 0 Å². The van der Waals surface area contributed by atoms with Crippen molar-refractivity contribution in [2.24, 2.45) is 0 Å². The van der Waals surface area contributed by atoms with Crippen LogP contribution < -0.4 is 10.6 Å². The summed E-state index contributed by atoms with van der Waals surface area (Å²) >= 11 is 5.91. The topological polar surface area (TPSA) is 41.1 Å². The summed E-state index contributed by atoms with van der Waals surface area (Å²) in [5, 5.41) is 6.92. The SMILES string of the molecule is Cc1ccc(Cl)cc1C(=O)N[C@H]1CCCNC1. The molecule has 0 spiro atoms. The lowest BCUT2D eigenvalue weighted by atomic mass is 10.1. The quantitative estimate of drug-likeness (QED) is 0.847. The van der Waals surface area contributed by atoms with Gasteiger partial charge in [-0.3, -0.25) is 4.79 Å². The highest BCUT2D eigenvalue weighted by molar-refractivity contribution is 6.31. The van der Waals surface area contributed by atoms with Gasteiger partial charge in [-0.2, -0.15) is 0 Å². The summed E-state index contributed by atoms with van der Waals surface area (Å²) in [6.45, 7) is 3.82. The molecule has 1 fully saturated rings. The van der Waals surface area contributed by atoms with E-state index in [1.807, 2.05) is 13.0 Å². The van der Waals surface area contributed by atoms with E-state index in [0.717, 1.165) is 31.5 Å². The molecule has 1 amide bonds. The van der Waals surface area contributed by atoms with Gasteiger partial charge in [-0.25, -0.2) is 0 Å². The molecule has 1 atom stereocenters. The van der Waals surface area contributed by atoms with Gasteiger partial charge in [-0.15, -0.1) is 0 Å². The monoisotopic (exact) mass is 252 g/mol. The summed E-state index contributed by atoms with van der Waals surface area (Å²) in [6.07, 6.45) is 2.15. The molecule has 4 heteroatoms. The van der Waals surface area contributed by atoms with E-state index >= 15 is 0 Å².